The smallest absolute Gasteiger partial charge is 0.408 e. The van der Waals surface area contributed by atoms with Crippen molar-refractivity contribution in [3.63, 3.8) is 0 Å². The number of aromatic nitrogens is 3. The van der Waals surface area contributed by atoms with Gasteiger partial charge in [-0.05, 0) is 19.1 Å². The molecule has 0 bridgehead atoms. The van der Waals surface area contributed by atoms with Gasteiger partial charge in [-0.25, -0.2) is 9.78 Å². The second-order valence-electron chi connectivity index (χ2n) is 4.21. The van der Waals surface area contributed by atoms with E-state index in [4.69, 9.17) is 10.2 Å². The maximum absolute atomic E-state index is 11.4. The number of benzene rings is 1. The Kier molecular flexibility index (Phi) is 2.07. The number of oxazole rings is 1. The quantitative estimate of drug-likeness (QED) is 0.677. The van der Waals surface area contributed by atoms with Crippen LogP contribution in [0.15, 0.2) is 27.4 Å². The predicted molar refractivity (Wildman–Crippen MR) is 68.2 cm³/mol. The van der Waals surface area contributed by atoms with Crippen molar-refractivity contribution >= 4 is 17.0 Å². The van der Waals surface area contributed by atoms with Gasteiger partial charge >= 0.3 is 5.76 Å². The van der Waals surface area contributed by atoms with E-state index in [2.05, 4.69) is 9.97 Å². The summed E-state index contributed by atoms with van der Waals surface area (Å²) < 4.78 is 6.61. The first-order chi connectivity index (χ1) is 8.56. The Labute approximate surface area is 102 Å². The minimum absolute atomic E-state index is 0.372. The lowest BCUT2D eigenvalue weighted by Gasteiger charge is -1.98. The Bertz CT molecular complexity index is 794. The van der Waals surface area contributed by atoms with Crippen LogP contribution in [0.4, 0.5) is 5.95 Å². The molecule has 0 atom stereocenters. The fourth-order valence-corrected chi connectivity index (χ4v) is 2.05. The normalized spacial score (nSPS) is 11.2. The number of anilines is 1. The summed E-state index contributed by atoms with van der Waals surface area (Å²) >= 11 is 0. The summed E-state index contributed by atoms with van der Waals surface area (Å²) in [6, 6.07) is 5.51. The van der Waals surface area contributed by atoms with E-state index in [1.54, 1.807) is 13.1 Å². The zero-order chi connectivity index (χ0) is 12.9. The van der Waals surface area contributed by atoms with Crippen molar-refractivity contribution in [3.8, 4) is 11.3 Å². The van der Waals surface area contributed by atoms with E-state index in [1.807, 2.05) is 19.1 Å². The van der Waals surface area contributed by atoms with Crippen LogP contribution in [0.25, 0.3) is 22.4 Å². The molecule has 92 valence electrons. The van der Waals surface area contributed by atoms with Crippen molar-refractivity contribution in [1.82, 2.24) is 14.5 Å². The lowest BCUT2D eigenvalue weighted by Crippen LogP contribution is -2.08. The summed E-state index contributed by atoms with van der Waals surface area (Å²) in [4.78, 5) is 18.6. The molecule has 6 heteroatoms. The molecule has 0 saturated carbocycles. The molecule has 0 unspecified atom stereocenters. The molecule has 0 aliphatic rings. The first-order valence-electron chi connectivity index (χ1n) is 5.48. The van der Waals surface area contributed by atoms with E-state index in [-0.39, 0.29) is 5.76 Å². The molecular weight excluding hydrogens is 232 g/mol. The van der Waals surface area contributed by atoms with E-state index in [1.165, 1.54) is 4.57 Å². The van der Waals surface area contributed by atoms with Crippen LogP contribution in [0.1, 0.15) is 5.69 Å². The number of nitrogens with two attached hydrogens (primary N) is 1. The highest BCUT2D eigenvalue weighted by Crippen LogP contribution is 2.25. The Morgan fingerprint density at radius 2 is 2.22 bits per heavy atom. The molecule has 0 aliphatic heterocycles. The van der Waals surface area contributed by atoms with Crippen LogP contribution < -0.4 is 11.5 Å². The Morgan fingerprint density at radius 1 is 1.44 bits per heavy atom. The SMILES string of the molecule is Cc1[nH]c(N)nc1-c1ccc2c(c1)oc(=O)n2C. The molecule has 0 amide bonds. The first-order valence-corrected chi connectivity index (χ1v) is 5.48. The Balaban J connectivity index is 2.25. The zero-order valence-electron chi connectivity index (χ0n) is 10.0. The summed E-state index contributed by atoms with van der Waals surface area (Å²) in [5.74, 6) is -0.00229. The molecule has 2 aromatic heterocycles. The molecule has 6 nitrogen and oxygen atoms in total. The number of hydrogen-bond donors (Lipinski definition) is 2. The van der Waals surface area contributed by atoms with Crippen molar-refractivity contribution in [2.45, 2.75) is 6.92 Å². The van der Waals surface area contributed by atoms with Crippen molar-refractivity contribution in [3.05, 3.63) is 34.4 Å². The standard InChI is InChI=1S/C12H12N4O2/c1-6-10(15-11(13)14-6)7-3-4-8-9(5-7)18-12(17)16(8)2/h3-5H,1-2H3,(H3,13,14,15). The van der Waals surface area contributed by atoms with Crippen molar-refractivity contribution in [2.75, 3.05) is 5.73 Å². The number of aromatic amines is 1. The van der Waals surface area contributed by atoms with Gasteiger partial charge in [0.2, 0.25) is 0 Å². The number of H-pyrrole nitrogens is 1. The molecule has 3 aromatic rings. The fraction of sp³-hybridized carbons (Fsp3) is 0.167. The number of nitrogens with one attached hydrogen (secondary N) is 1. The highest BCUT2D eigenvalue weighted by Gasteiger charge is 2.11. The third-order valence-electron chi connectivity index (χ3n) is 2.97. The summed E-state index contributed by atoms with van der Waals surface area (Å²) in [6.07, 6.45) is 0. The third-order valence-corrected chi connectivity index (χ3v) is 2.97. The largest absolute Gasteiger partial charge is 0.419 e. The van der Waals surface area contributed by atoms with Crippen molar-refractivity contribution < 1.29 is 4.42 Å². The van der Waals surface area contributed by atoms with E-state index in [0.717, 1.165) is 22.5 Å². The van der Waals surface area contributed by atoms with E-state index in [0.29, 0.717) is 11.5 Å². The number of rotatable bonds is 1. The molecule has 0 aliphatic carbocycles. The number of aryl methyl sites for hydroxylation is 2. The van der Waals surface area contributed by atoms with Gasteiger partial charge in [0.25, 0.3) is 0 Å². The number of nitrogen functional groups attached to an aromatic ring is 1. The molecular formula is C12H12N4O2. The fourth-order valence-electron chi connectivity index (χ4n) is 2.05. The van der Waals surface area contributed by atoms with Crippen molar-refractivity contribution in [2.24, 2.45) is 7.05 Å². The highest BCUT2D eigenvalue weighted by molar-refractivity contribution is 5.80. The van der Waals surface area contributed by atoms with E-state index in [9.17, 15) is 4.79 Å². The third kappa shape index (κ3) is 1.42. The molecule has 1 aromatic carbocycles. The van der Waals surface area contributed by atoms with Crippen LogP contribution in [0.3, 0.4) is 0 Å². The van der Waals surface area contributed by atoms with Gasteiger partial charge < -0.3 is 15.1 Å². The van der Waals surface area contributed by atoms with Gasteiger partial charge in [0.05, 0.1) is 11.2 Å². The maximum atomic E-state index is 11.4. The summed E-state index contributed by atoms with van der Waals surface area (Å²) in [5.41, 5.74) is 9.42. The lowest BCUT2D eigenvalue weighted by atomic mass is 10.1. The zero-order valence-corrected chi connectivity index (χ0v) is 10.0. The number of fused-ring (bicyclic) bond motifs is 1. The van der Waals surface area contributed by atoms with E-state index >= 15 is 0 Å². The molecule has 0 radical (unpaired) electrons. The minimum Gasteiger partial charge on any atom is -0.408 e. The van der Waals surface area contributed by atoms with Crippen LogP contribution in [0, 0.1) is 6.92 Å². The first kappa shape index (κ1) is 10.6. The monoisotopic (exact) mass is 244 g/mol. The van der Waals surface area contributed by atoms with Crippen LogP contribution in [0.5, 0.6) is 0 Å². The molecule has 3 N–H and O–H groups in total. The van der Waals surface area contributed by atoms with Gasteiger partial charge in [0, 0.05) is 18.3 Å². The Hall–Kier alpha value is -2.50. The van der Waals surface area contributed by atoms with Crippen LogP contribution in [-0.4, -0.2) is 14.5 Å². The number of nitrogens with zero attached hydrogens (tertiary/aromatic N) is 2. The highest BCUT2D eigenvalue weighted by atomic mass is 16.4. The van der Waals surface area contributed by atoms with Crippen LogP contribution in [-0.2, 0) is 7.05 Å². The van der Waals surface area contributed by atoms with Crippen LogP contribution in [0.2, 0.25) is 0 Å². The second-order valence-corrected chi connectivity index (χ2v) is 4.21. The maximum Gasteiger partial charge on any atom is 0.419 e. The molecule has 2 heterocycles. The molecule has 0 saturated heterocycles. The summed E-state index contributed by atoms with van der Waals surface area (Å²) in [7, 11) is 1.67. The van der Waals surface area contributed by atoms with Gasteiger partial charge in [-0.1, -0.05) is 6.07 Å². The lowest BCUT2D eigenvalue weighted by molar-refractivity contribution is 0.528. The Morgan fingerprint density at radius 3 is 2.89 bits per heavy atom. The van der Waals surface area contributed by atoms with Gasteiger partial charge in [-0.15, -0.1) is 0 Å². The molecule has 0 spiro atoms. The topological polar surface area (TPSA) is 89.8 Å². The summed E-state index contributed by atoms with van der Waals surface area (Å²) in [5, 5.41) is 0. The summed E-state index contributed by atoms with van der Waals surface area (Å²) in [6.45, 7) is 1.89. The molecule has 0 fully saturated rings. The molecule has 18 heavy (non-hydrogen) atoms. The van der Waals surface area contributed by atoms with Gasteiger partial charge in [-0.3, -0.25) is 4.57 Å². The van der Waals surface area contributed by atoms with Gasteiger partial charge in [-0.2, -0.15) is 0 Å². The predicted octanol–water partition coefficient (Wildman–Crippen LogP) is 1.41. The second kappa shape index (κ2) is 3.49. The number of hydrogen-bond acceptors (Lipinski definition) is 4. The van der Waals surface area contributed by atoms with E-state index < -0.39 is 0 Å². The van der Waals surface area contributed by atoms with Crippen LogP contribution >= 0.6 is 0 Å². The van der Waals surface area contributed by atoms with Gasteiger partial charge in [0.1, 0.15) is 0 Å². The average Bonchev–Trinajstić information content (AvgIpc) is 2.80. The molecule has 3 rings (SSSR count). The van der Waals surface area contributed by atoms with Gasteiger partial charge in [0.15, 0.2) is 11.5 Å². The van der Waals surface area contributed by atoms with Crippen molar-refractivity contribution in [1.29, 1.82) is 0 Å². The number of imidazole rings is 1. The minimum atomic E-state index is -0.375. The average molecular weight is 244 g/mol.